The molecule has 1 N–H and O–H groups in total. The summed E-state index contributed by atoms with van der Waals surface area (Å²) < 4.78 is 5.91. The van der Waals surface area contributed by atoms with E-state index in [4.69, 9.17) is 4.74 Å². The molecule has 1 atom stereocenters. The number of hydrogen-bond acceptors (Lipinski definition) is 3. The number of nitrogens with zero attached hydrogens (tertiary/aromatic N) is 1. The van der Waals surface area contributed by atoms with Crippen molar-refractivity contribution >= 4 is 11.6 Å². The highest BCUT2D eigenvalue weighted by Gasteiger charge is 2.18. The fourth-order valence-electron chi connectivity index (χ4n) is 2.70. The lowest BCUT2D eigenvalue weighted by atomic mass is 10.1. The van der Waals surface area contributed by atoms with Gasteiger partial charge >= 0.3 is 0 Å². The maximum Gasteiger partial charge on any atom is 0.261 e. The molecule has 134 valence electrons. The molecule has 4 nitrogen and oxygen atoms in total. The van der Waals surface area contributed by atoms with E-state index in [1.54, 1.807) is 0 Å². The standard InChI is InChI=1S/C21H28N2O2/c1-6-20(25-19-12-15(2)11-16(3)13-19)21(24)22-14-17-7-9-18(10-8-17)23(4)5/h7-13,20H,6,14H2,1-5H3,(H,22,24). The molecule has 0 saturated carbocycles. The molecule has 0 aliphatic carbocycles. The number of ether oxygens (including phenoxy) is 1. The van der Waals surface area contributed by atoms with Crippen molar-refractivity contribution in [3.63, 3.8) is 0 Å². The van der Waals surface area contributed by atoms with E-state index in [0.29, 0.717) is 13.0 Å². The van der Waals surface area contributed by atoms with Crippen LogP contribution in [0.2, 0.25) is 0 Å². The van der Waals surface area contributed by atoms with Gasteiger partial charge in [0.15, 0.2) is 6.10 Å². The van der Waals surface area contributed by atoms with Gasteiger partial charge < -0.3 is 15.0 Å². The van der Waals surface area contributed by atoms with Crippen LogP contribution in [0.25, 0.3) is 0 Å². The minimum Gasteiger partial charge on any atom is -0.481 e. The van der Waals surface area contributed by atoms with Crippen LogP contribution in [0.5, 0.6) is 5.75 Å². The Balaban J connectivity index is 1.95. The minimum atomic E-state index is -0.484. The van der Waals surface area contributed by atoms with Gasteiger partial charge in [-0.25, -0.2) is 0 Å². The Bertz CT molecular complexity index is 688. The summed E-state index contributed by atoms with van der Waals surface area (Å²) in [7, 11) is 4.01. The summed E-state index contributed by atoms with van der Waals surface area (Å²) in [4.78, 5) is 14.5. The van der Waals surface area contributed by atoms with Crippen LogP contribution in [-0.2, 0) is 11.3 Å². The van der Waals surface area contributed by atoms with Crippen molar-refractivity contribution in [2.24, 2.45) is 0 Å². The van der Waals surface area contributed by atoms with Gasteiger partial charge in [0.2, 0.25) is 0 Å². The molecule has 0 bridgehead atoms. The Kier molecular flexibility index (Phi) is 6.45. The van der Waals surface area contributed by atoms with Crippen LogP contribution in [0.15, 0.2) is 42.5 Å². The molecule has 1 amide bonds. The lowest BCUT2D eigenvalue weighted by Gasteiger charge is -2.18. The van der Waals surface area contributed by atoms with E-state index < -0.39 is 6.10 Å². The Morgan fingerprint density at radius 2 is 1.68 bits per heavy atom. The molecular weight excluding hydrogens is 312 g/mol. The maximum absolute atomic E-state index is 12.5. The largest absolute Gasteiger partial charge is 0.481 e. The lowest BCUT2D eigenvalue weighted by Crippen LogP contribution is -2.37. The van der Waals surface area contributed by atoms with Crippen LogP contribution in [0.1, 0.15) is 30.0 Å². The summed E-state index contributed by atoms with van der Waals surface area (Å²) in [5.74, 6) is 0.660. The molecule has 0 aliphatic rings. The van der Waals surface area contributed by atoms with Crippen molar-refractivity contribution in [3.8, 4) is 5.75 Å². The summed E-state index contributed by atoms with van der Waals surface area (Å²) in [6, 6.07) is 14.2. The van der Waals surface area contributed by atoms with Crippen molar-refractivity contribution in [2.75, 3.05) is 19.0 Å². The number of hydrogen-bond donors (Lipinski definition) is 1. The van der Waals surface area contributed by atoms with Crippen LogP contribution in [0.3, 0.4) is 0 Å². The minimum absolute atomic E-state index is 0.0849. The van der Waals surface area contributed by atoms with Gasteiger partial charge in [-0.15, -0.1) is 0 Å². The van der Waals surface area contributed by atoms with E-state index in [2.05, 4.69) is 11.4 Å². The van der Waals surface area contributed by atoms with Crippen LogP contribution < -0.4 is 15.0 Å². The summed E-state index contributed by atoms with van der Waals surface area (Å²) in [5.41, 5.74) is 4.47. The number of nitrogens with one attached hydrogen (secondary N) is 1. The topological polar surface area (TPSA) is 41.6 Å². The number of anilines is 1. The van der Waals surface area contributed by atoms with Gasteiger partial charge in [-0.1, -0.05) is 25.1 Å². The maximum atomic E-state index is 12.5. The smallest absolute Gasteiger partial charge is 0.261 e. The highest BCUT2D eigenvalue weighted by Crippen LogP contribution is 2.19. The van der Waals surface area contributed by atoms with Crippen molar-refractivity contribution in [2.45, 2.75) is 39.8 Å². The van der Waals surface area contributed by atoms with Gasteiger partial charge in [-0.05, 0) is 61.2 Å². The predicted molar refractivity (Wildman–Crippen MR) is 103 cm³/mol. The molecule has 2 aromatic carbocycles. The second-order valence-corrected chi connectivity index (χ2v) is 6.62. The molecule has 0 aromatic heterocycles. The normalized spacial score (nSPS) is 11.7. The van der Waals surface area contributed by atoms with Gasteiger partial charge in [0.1, 0.15) is 5.75 Å². The molecule has 1 unspecified atom stereocenters. The zero-order chi connectivity index (χ0) is 18.4. The third kappa shape index (κ3) is 5.52. The van der Waals surface area contributed by atoms with Crippen molar-refractivity contribution in [3.05, 3.63) is 59.2 Å². The highest BCUT2D eigenvalue weighted by molar-refractivity contribution is 5.81. The van der Waals surface area contributed by atoms with E-state index in [0.717, 1.165) is 28.1 Å². The molecule has 0 spiro atoms. The number of amides is 1. The first kappa shape index (κ1) is 18.8. The van der Waals surface area contributed by atoms with E-state index in [1.165, 1.54) is 0 Å². The Morgan fingerprint density at radius 3 is 2.20 bits per heavy atom. The number of carbonyl (C=O) groups is 1. The Labute approximate surface area is 150 Å². The monoisotopic (exact) mass is 340 g/mol. The summed E-state index contributed by atoms with van der Waals surface area (Å²) in [5, 5.41) is 2.97. The van der Waals surface area contributed by atoms with Gasteiger partial charge in [0.05, 0.1) is 0 Å². The Morgan fingerprint density at radius 1 is 1.08 bits per heavy atom. The van der Waals surface area contributed by atoms with Crippen LogP contribution >= 0.6 is 0 Å². The lowest BCUT2D eigenvalue weighted by molar-refractivity contribution is -0.128. The van der Waals surface area contributed by atoms with Gasteiger partial charge in [0, 0.05) is 26.3 Å². The molecule has 0 fully saturated rings. The van der Waals surface area contributed by atoms with Gasteiger partial charge in [0.25, 0.3) is 5.91 Å². The first-order valence-electron chi connectivity index (χ1n) is 8.68. The van der Waals surface area contributed by atoms with E-state index in [9.17, 15) is 4.79 Å². The summed E-state index contributed by atoms with van der Waals surface area (Å²) in [6.45, 7) is 6.51. The zero-order valence-corrected chi connectivity index (χ0v) is 15.8. The number of rotatable bonds is 7. The molecule has 25 heavy (non-hydrogen) atoms. The molecule has 2 aromatic rings. The molecule has 0 aliphatic heterocycles. The zero-order valence-electron chi connectivity index (χ0n) is 15.8. The van der Waals surface area contributed by atoms with Crippen molar-refractivity contribution < 1.29 is 9.53 Å². The van der Waals surface area contributed by atoms with Crippen molar-refractivity contribution in [1.82, 2.24) is 5.32 Å². The van der Waals surface area contributed by atoms with Crippen LogP contribution in [0.4, 0.5) is 5.69 Å². The molecule has 2 rings (SSSR count). The van der Waals surface area contributed by atoms with Crippen LogP contribution in [0, 0.1) is 13.8 Å². The van der Waals surface area contributed by atoms with E-state index in [-0.39, 0.29) is 5.91 Å². The van der Waals surface area contributed by atoms with Crippen molar-refractivity contribution in [1.29, 1.82) is 0 Å². The third-order valence-electron chi connectivity index (χ3n) is 4.06. The van der Waals surface area contributed by atoms with Crippen LogP contribution in [-0.4, -0.2) is 26.1 Å². The number of carbonyl (C=O) groups excluding carboxylic acids is 1. The fraction of sp³-hybridized carbons (Fsp3) is 0.381. The summed E-state index contributed by atoms with van der Waals surface area (Å²) in [6.07, 6.45) is 0.139. The Hall–Kier alpha value is -2.49. The quantitative estimate of drug-likeness (QED) is 0.832. The number of aryl methyl sites for hydroxylation is 2. The van der Waals surface area contributed by atoms with E-state index in [1.807, 2.05) is 76.2 Å². The molecule has 0 radical (unpaired) electrons. The number of benzene rings is 2. The molecule has 0 heterocycles. The first-order chi connectivity index (χ1) is 11.9. The average Bonchev–Trinajstić information content (AvgIpc) is 2.57. The second-order valence-electron chi connectivity index (χ2n) is 6.62. The summed E-state index contributed by atoms with van der Waals surface area (Å²) >= 11 is 0. The second kappa shape index (κ2) is 8.56. The predicted octanol–water partition coefficient (Wildman–Crippen LogP) is 3.84. The highest BCUT2D eigenvalue weighted by atomic mass is 16.5. The molecule has 4 heteroatoms. The van der Waals surface area contributed by atoms with Gasteiger partial charge in [-0.2, -0.15) is 0 Å². The first-order valence-corrected chi connectivity index (χ1v) is 8.68. The molecule has 0 saturated heterocycles. The van der Waals surface area contributed by atoms with E-state index >= 15 is 0 Å². The SMILES string of the molecule is CCC(Oc1cc(C)cc(C)c1)C(=O)NCc1ccc(N(C)C)cc1. The molecular formula is C21H28N2O2. The van der Waals surface area contributed by atoms with Gasteiger partial charge in [-0.3, -0.25) is 4.79 Å². The fourth-order valence-corrected chi connectivity index (χ4v) is 2.70. The third-order valence-corrected chi connectivity index (χ3v) is 4.06. The average molecular weight is 340 g/mol.